The molecule has 4 rings (SSSR count). The zero-order chi connectivity index (χ0) is 26.9. The van der Waals surface area contributed by atoms with Crippen molar-refractivity contribution in [3.8, 4) is 17.0 Å². The standard InChI is InChI=1S/C25H22Cl2N4O5S/c1-14(15(2)32)12-31-13-29-22-5-4-16(6-21(22)25(31)33)17-7-23(24(36-3)28-11-17)30-37(34,35)20-9-18(26)8-19(27)10-20/h4-11,13-14,30H,12H2,1-3H3. The number of halogens is 2. The van der Waals surface area contributed by atoms with Gasteiger partial charge in [-0.15, -0.1) is 0 Å². The number of nitrogens with zero attached hydrogens (tertiary/aromatic N) is 3. The SMILES string of the molecule is COc1ncc(-c2ccc3ncn(CC(C)C(C)=O)c(=O)c3c2)cc1NS(=O)(=O)c1cc(Cl)cc(Cl)c1. The molecule has 0 aliphatic rings. The lowest BCUT2D eigenvalue weighted by Gasteiger charge is -2.14. The normalized spacial score (nSPS) is 12.4. The summed E-state index contributed by atoms with van der Waals surface area (Å²) in [6.07, 6.45) is 2.93. The van der Waals surface area contributed by atoms with Crippen LogP contribution in [0.5, 0.6) is 5.88 Å². The van der Waals surface area contributed by atoms with E-state index < -0.39 is 10.0 Å². The number of carbonyl (C=O) groups is 1. The molecule has 2 aromatic carbocycles. The summed E-state index contributed by atoms with van der Waals surface area (Å²) in [5, 5.41) is 0.682. The number of ketones is 1. The zero-order valence-corrected chi connectivity index (χ0v) is 22.4. The van der Waals surface area contributed by atoms with Crippen LogP contribution in [0.2, 0.25) is 10.0 Å². The van der Waals surface area contributed by atoms with E-state index in [1.807, 2.05) is 0 Å². The second-order valence-corrected chi connectivity index (χ2v) is 11.0. The van der Waals surface area contributed by atoms with Crippen LogP contribution in [0, 0.1) is 5.92 Å². The molecule has 37 heavy (non-hydrogen) atoms. The fraction of sp³-hybridized carbons (Fsp3) is 0.200. The Bertz CT molecular complexity index is 1670. The second-order valence-electron chi connectivity index (χ2n) is 8.44. The van der Waals surface area contributed by atoms with Crippen molar-refractivity contribution >= 4 is 55.6 Å². The number of methoxy groups -OCH3 is 1. The molecule has 0 amide bonds. The number of anilines is 1. The van der Waals surface area contributed by atoms with Gasteiger partial charge in [0, 0.05) is 34.3 Å². The molecule has 0 saturated heterocycles. The highest BCUT2D eigenvalue weighted by molar-refractivity contribution is 7.92. The highest BCUT2D eigenvalue weighted by Gasteiger charge is 2.20. The van der Waals surface area contributed by atoms with Gasteiger partial charge in [0.25, 0.3) is 15.6 Å². The molecular weight excluding hydrogens is 539 g/mol. The summed E-state index contributed by atoms with van der Waals surface area (Å²) >= 11 is 11.9. The molecule has 1 atom stereocenters. The predicted octanol–water partition coefficient (Wildman–Crippen LogP) is 4.80. The van der Waals surface area contributed by atoms with Crippen LogP contribution >= 0.6 is 23.2 Å². The molecule has 0 spiro atoms. The minimum absolute atomic E-state index is 0.0277. The molecule has 0 aliphatic heterocycles. The summed E-state index contributed by atoms with van der Waals surface area (Å²) < 4.78 is 35.2. The zero-order valence-electron chi connectivity index (χ0n) is 20.0. The van der Waals surface area contributed by atoms with Crippen LogP contribution in [0.1, 0.15) is 13.8 Å². The Morgan fingerprint density at radius 1 is 1.08 bits per heavy atom. The van der Waals surface area contributed by atoms with Crippen molar-refractivity contribution in [1.29, 1.82) is 0 Å². The fourth-order valence-corrected chi connectivity index (χ4v) is 5.40. The average molecular weight is 561 g/mol. The molecule has 192 valence electrons. The van der Waals surface area contributed by atoms with Gasteiger partial charge < -0.3 is 4.74 Å². The van der Waals surface area contributed by atoms with Crippen molar-refractivity contribution < 1.29 is 17.9 Å². The van der Waals surface area contributed by atoms with Gasteiger partial charge in [0.15, 0.2) is 0 Å². The monoisotopic (exact) mass is 560 g/mol. The number of ether oxygens (including phenoxy) is 1. The Kier molecular flexibility index (Phi) is 7.54. The average Bonchev–Trinajstić information content (AvgIpc) is 2.84. The fourth-order valence-electron chi connectivity index (χ4n) is 3.63. The van der Waals surface area contributed by atoms with E-state index in [1.165, 1.54) is 49.3 Å². The predicted molar refractivity (Wildman–Crippen MR) is 143 cm³/mol. The van der Waals surface area contributed by atoms with Gasteiger partial charge in [0.1, 0.15) is 11.5 Å². The van der Waals surface area contributed by atoms with Gasteiger partial charge in [-0.1, -0.05) is 36.2 Å². The van der Waals surface area contributed by atoms with Crippen LogP contribution in [0.25, 0.3) is 22.0 Å². The molecule has 2 aromatic heterocycles. The third-order valence-corrected chi connectivity index (χ3v) is 7.54. The highest BCUT2D eigenvalue weighted by atomic mass is 35.5. The first-order valence-electron chi connectivity index (χ1n) is 11.0. The maximum absolute atomic E-state index is 13.1. The number of hydrogen-bond donors (Lipinski definition) is 1. The molecule has 2 heterocycles. The van der Waals surface area contributed by atoms with Gasteiger partial charge in [-0.25, -0.2) is 18.4 Å². The molecule has 0 fully saturated rings. The van der Waals surface area contributed by atoms with E-state index in [9.17, 15) is 18.0 Å². The van der Waals surface area contributed by atoms with Gasteiger partial charge in [0.2, 0.25) is 5.88 Å². The van der Waals surface area contributed by atoms with Crippen molar-refractivity contribution in [3.63, 3.8) is 0 Å². The van der Waals surface area contributed by atoms with E-state index >= 15 is 0 Å². The van der Waals surface area contributed by atoms with Gasteiger partial charge >= 0.3 is 0 Å². The quantitative estimate of drug-likeness (QED) is 0.328. The topological polar surface area (TPSA) is 120 Å². The Morgan fingerprint density at radius 3 is 2.43 bits per heavy atom. The molecule has 0 bridgehead atoms. The molecular formula is C25H22Cl2N4O5S. The van der Waals surface area contributed by atoms with Crippen molar-refractivity contribution in [3.05, 3.63) is 75.4 Å². The maximum atomic E-state index is 13.1. The minimum atomic E-state index is -4.09. The number of carbonyl (C=O) groups excluding carboxylic acids is 1. The van der Waals surface area contributed by atoms with E-state index in [4.69, 9.17) is 27.9 Å². The van der Waals surface area contributed by atoms with E-state index in [1.54, 1.807) is 31.2 Å². The van der Waals surface area contributed by atoms with Crippen molar-refractivity contribution in [1.82, 2.24) is 14.5 Å². The number of rotatable bonds is 8. The Morgan fingerprint density at radius 2 is 1.78 bits per heavy atom. The summed E-state index contributed by atoms with van der Waals surface area (Å²) in [6.45, 7) is 3.44. The number of fused-ring (bicyclic) bond motifs is 1. The van der Waals surface area contributed by atoms with E-state index in [0.29, 0.717) is 22.0 Å². The van der Waals surface area contributed by atoms with Crippen LogP contribution in [0.4, 0.5) is 5.69 Å². The number of nitrogens with one attached hydrogen (secondary N) is 1. The van der Waals surface area contributed by atoms with Gasteiger partial charge in [-0.3, -0.25) is 18.9 Å². The number of sulfonamides is 1. The maximum Gasteiger partial charge on any atom is 0.262 e. The first-order chi connectivity index (χ1) is 17.5. The minimum Gasteiger partial charge on any atom is -0.480 e. The molecule has 0 aliphatic carbocycles. The number of Topliss-reactive ketones (excluding diaryl/α,β-unsaturated/α-hetero) is 1. The molecule has 1 N–H and O–H groups in total. The van der Waals surface area contributed by atoms with Crippen molar-refractivity contribution in [2.24, 2.45) is 5.92 Å². The van der Waals surface area contributed by atoms with E-state index in [2.05, 4.69) is 14.7 Å². The molecule has 1 unspecified atom stereocenters. The Labute approximate surface area is 223 Å². The van der Waals surface area contributed by atoms with Crippen LogP contribution in [0.3, 0.4) is 0 Å². The Hall–Kier alpha value is -3.47. The molecule has 4 aromatic rings. The lowest BCUT2D eigenvalue weighted by molar-refractivity contribution is -0.120. The van der Waals surface area contributed by atoms with Crippen LogP contribution in [-0.2, 0) is 21.4 Å². The lowest BCUT2D eigenvalue weighted by atomic mass is 10.0. The molecule has 12 heteroatoms. The number of hydrogen-bond acceptors (Lipinski definition) is 7. The van der Waals surface area contributed by atoms with E-state index in [-0.39, 0.29) is 50.3 Å². The van der Waals surface area contributed by atoms with Crippen LogP contribution < -0.4 is 15.0 Å². The summed E-state index contributed by atoms with van der Waals surface area (Å²) in [5.41, 5.74) is 1.40. The summed E-state index contributed by atoms with van der Waals surface area (Å²) in [6, 6.07) is 10.6. The van der Waals surface area contributed by atoms with E-state index in [0.717, 1.165) is 0 Å². The first-order valence-corrected chi connectivity index (χ1v) is 13.3. The second kappa shape index (κ2) is 10.5. The number of pyridine rings is 1. The van der Waals surface area contributed by atoms with Crippen LogP contribution in [0.15, 0.2) is 64.7 Å². The third kappa shape index (κ3) is 5.76. The smallest absolute Gasteiger partial charge is 0.262 e. The number of aromatic nitrogens is 3. The van der Waals surface area contributed by atoms with Crippen LogP contribution in [-0.4, -0.2) is 35.8 Å². The number of benzene rings is 2. The molecule has 0 radical (unpaired) electrons. The largest absolute Gasteiger partial charge is 0.480 e. The lowest BCUT2D eigenvalue weighted by Crippen LogP contribution is -2.26. The molecule has 0 saturated carbocycles. The van der Waals surface area contributed by atoms with Crippen molar-refractivity contribution in [2.45, 2.75) is 25.3 Å². The van der Waals surface area contributed by atoms with Gasteiger partial charge in [-0.05, 0) is 48.9 Å². The van der Waals surface area contributed by atoms with Crippen molar-refractivity contribution in [2.75, 3.05) is 11.8 Å². The first kappa shape index (κ1) is 26.6. The highest BCUT2D eigenvalue weighted by Crippen LogP contribution is 2.32. The summed E-state index contributed by atoms with van der Waals surface area (Å²) in [7, 11) is -2.72. The summed E-state index contributed by atoms with van der Waals surface area (Å²) in [5.74, 6) is -0.320. The third-order valence-electron chi connectivity index (χ3n) is 5.76. The summed E-state index contributed by atoms with van der Waals surface area (Å²) in [4.78, 5) is 33.2. The van der Waals surface area contributed by atoms with Gasteiger partial charge in [-0.2, -0.15) is 0 Å². The molecule has 9 nitrogen and oxygen atoms in total. The Balaban J connectivity index is 1.75. The van der Waals surface area contributed by atoms with Gasteiger partial charge in [0.05, 0.1) is 29.2 Å².